The van der Waals surface area contributed by atoms with Gasteiger partial charge in [-0.3, -0.25) is 4.79 Å². The number of likely N-dealkylation sites (N-methyl/N-ethyl adjacent to an activating group) is 1. The van der Waals surface area contributed by atoms with Crippen molar-refractivity contribution in [2.24, 2.45) is 0 Å². The fourth-order valence-corrected chi connectivity index (χ4v) is 1.66. The molecule has 0 saturated heterocycles. The van der Waals surface area contributed by atoms with E-state index in [9.17, 15) is 4.79 Å². The number of rotatable bonds is 6. The summed E-state index contributed by atoms with van der Waals surface area (Å²) in [4.78, 5) is 13.5. The third-order valence-corrected chi connectivity index (χ3v) is 2.67. The Hall–Kier alpha value is -2.02. The Labute approximate surface area is 108 Å². The molecule has 4 nitrogen and oxygen atoms in total. The van der Waals surface area contributed by atoms with E-state index in [1.165, 1.54) is 0 Å². The third kappa shape index (κ3) is 4.10. The van der Waals surface area contributed by atoms with Gasteiger partial charge >= 0.3 is 0 Å². The van der Waals surface area contributed by atoms with Crippen molar-refractivity contribution in [3.8, 4) is 6.07 Å². The molecular weight excluding hydrogens is 226 g/mol. The van der Waals surface area contributed by atoms with Gasteiger partial charge in [0.2, 0.25) is 5.91 Å². The van der Waals surface area contributed by atoms with E-state index in [2.05, 4.69) is 18.3 Å². The molecule has 96 valence electrons. The highest BCUT2D eigenvalue weighted by Gasteiger charge is 2.10. The summed E-state index contributed by atoms with van der Waals surface area (Å²) >= 11 is 0. The summed E-state index contributed by atoms with van der Waals surface area (Å²) in [5.74, 6) is -0.0151. The Bertz CT molecular complexity index is 437. The van der Waals surface area contributed by atoms with E-state index in [1.54, 1.807) is 11.0 Å². The lowest BCUT2D eigenvalue weighted by Crippen LogP contribution is -2.35. The first kappa shape index (κ1) is 14.0. The molecule has 0 aliphatic heterocycles. The van der Waals surface area contributed by atoms with E-state index < -0.39 is 0 Å². The molecule has 0 radical (unpaired) electrons. The van der Waals surface area contributed by atoms with E-state index in [-0.39, 0.29) is 12.5 Å². The summed E-state index contributed by atoms with van der Waals surface area (Å²) in [6.07, 6.45) is 2.05. The van der Waals surface area contributed by atoms with Crippen LogP contribution in [0.1, 0.15) is 25.3 Å². The number of benzene rings is 1. The van der Waals surface area contributed by atoms with Crippen molar-refractivity contribution in [2.45, 2.75) is 19.8 Å². The van der Waals surface area contributed by atoms with E-state index in [0.29, 0.717) is 12.1 Å². The molecule has 0 bridgehead atoms. The lowest BCUT2D eigenvalue weighted by atomic mass is 10.2. The van der Waals surface area contributed by atoms with E-state index >= 15 is 0 Å². The van der Waals surface area contributed by atoms with Gasteiger partial charge in [0.05, 0.1) is 17.8 Å². The van der Waals surface area contributed by atoms with Crippen LogP contribution in [0.2, 0.25) is 0 Å². The van der Waals surface area contributed by atoms with Crippen LogP contribution in [0.4, 0.5) is 5.69 Å². The Balaban J connectivity index is 2.57. The first-order valence-corrected chi connectivity index (χ1v) is 6.16. The summed E-state index contributed by atoms with van der Waals surface area (Å²) in [7, 11) is 1.82. The zero-order chi connectivity index (χ0) is 13.4. The maximum absolute atomic E-state index is 11.7. The van der Waals surface area contributed by atoms with Gasteiger partial charge in [-0.25, -0.2) is 0 Å². The number of carbonyl (C=O) groups excluding carboxylic acids is 1. The van der Waals surface area contributed by atoms with Crippen LogP contribution in [0.15, 0.2) is 24.3 Å². The van der Waals surface area contributed by atoms with Crippen LogP contribution in [0, 0.1) is 11.3 Å². The number of nitrogens with one attached hydrogen (secondary N) is 1. The Morgan fingerprint density at radius 1 is 1.44 bits per heavy atom. The normalized spacial score (nSPS) is 9.61. The molecule has 1 N–H and O–H groups in total. The molecule has 0 aromatic heterocycles. The second kappa shape index (κ2) is 7.33. The highest BCUT2D eigenvalue weighted by atomic mass is 16.2. The summed E-state index contributed by atoms with van der Waals surface area (Å²) < 4.78 is 0. The summed E-state index contributed by atoms with van der Waals surface area (Å²) in [5.41, 5.74) is 1.37. The Kier molecular flexibility index (Phi) is 5.72. The molecule has 0 saturated carbocycles. The van der Waals surface area contributed by atoms with E-state index in [0.717, 1.165) is 18.5 Å². The first-order valence-electron chi connectivity index (χ1n) is 6.16. The van der Waals surface area contributed by atoms with Gasteiger partial charge in [0.1, 0.15) is 6.07 Å². The van der Waals surface area contributed by atoms with Gasteiger partial charge < -0.3 is 10.2 Å². The molecule has 1 rings (SSSR count). The summed E-state index contributed by atoms with van der Waals surface area (Å²) in [6, 6.07) is 9.40. The largest absolute Gasteiger partial charge is 0.364 e. The fourth-order valence-electron chi connectivity index (χ4n) is 1.66. The van der Waals surface area contributed by atoms with Crippen LogP contribution in [0.25, 0.3) is 0 Å². The van der Waals surface area contributed by atoms with Crippen LogP contribution in [0.5, 0.6) is 0 Å². The van der Waals surface area contributed by atoms with Gasteiger partial charge in [-0.15, -0.1) is 0 Å². The maximum Gasteiger partial charge on any atom is 0.239 e. The van der Waals surface area contributed by atoms with Crippen molar-refractivity contribution in [1.29, 1.82) is 5.26 Å². The second-order valence-corrected chi connectivity index (χ2v) is 4.19. The van der Waals surface area contributed by atoms with Crippen LogP contribution in [0.3, 0.4) is 0 Å². The smallest absolute Gasteiger partial charge is 0.239 e. The monoisotopic (exact) mass is 245 g/mol. The standard InChI is InChI=1S/C14H19N3O/c1-3-4-9-16-14(18)11-17(2)13-8-6-5-7-12(13)10-15/h5-8H,3-4,9,11H2,1-2H3,(H,16,18). The fraction of sp³-hybridized carbons (Fsp3) is 0.429. The second-order valence-electron chi connectivity index (χ2n) is 4.19. The topological polar surface area (TPSA) is 56.1 Å². The molecule has 1 aromatic rings. The number of nitriles is 1. The molecule has 0 unspecified atom stereocenters. The van der Waals surface area contributed by atoms with Crippen LogP contribution < -0.4 is 10.2 Å². The average Bonchev–Trinajstić information content (AvgIpc) is 2.39. The Morgan fingerprint density at radius 3 is 2.83 bits per heavy atom. The minimum absolute atomic E-state index is 0.0151. The Morgan fingerprint density at radius 2 is 2.17 bits per heavy atom. The lowest BCUT2D eigenvalue weighted by Gasteiger charge is -2.19. The van der Waals surface area contributed by atoms with Gasteiger partial charge in [-0.1, -0.05) is 25.5 Å². The zero-order valence-electron chi connectivity index (χ0n) is 10.9. The lowest BCUT2D eigenvalue weighted by molar-refractivity contribution is -0.119. The predicted molar refractivity (Wildman–Crippen MR) is 72.3 cm³/mol. The number of amides is 1. The van der Waals surface area contributed by atoms with Crippen molar-refractivity contribution in [1.82, 2.24) is 5.32 Å². The highest BCUT2D eigenvalue weighted by Crippen LogP contribution is 2.17. The zero-order valence-corrected chi connectivity index (χ0v) is 10.9. The predicted octanol–water partition coefficient (Wildman–Crippen LogP) is 1.91. The number of para-hydroxylation sites is 1. The molecule has 0 heterocycles. The average molecular weight is 245 g/mol. The summed E-state index contributed by atoms with van der Waals surface area (Å²) in [6.45, 7) is 3.06. The third-order valence-electron chi connectivity index (χ3n) is 2.67. The van der Waals surface area contributed by atoms with Crippen LogP contribution >= 0.6 is 0 Å². The van der Waals surface area contributed by atoms with Gasteiger partial charge in [0.15, 0.2) is 0 Å². The van der Waals surface area contributed by atoms with Crippen molar-refractivity contribution in [3.05, 3.63) is 29.8 Å². The molecule has 1 amide bonds. The molecular formula is C14H19N3O. The van der Waals surface area contributed by atoms with Gasteiger partial charge in [0, 0.05) is 13.6 Å². The van der Waals surface area contributed by atoms with E-state index in [1.807, 2.05) is 25.2 Å². The first-order chi connectivity index (χ1) is 8.69. The van der Waals surface area contributed by atoms with Gasteiger partial charge in [-0.05, 0) is 18.6 Å². The van der Waals surface area contributed by atoms with Gasteiger partial charge in [-0.2, -0.15) is 5.26 Å². The molecule has 1 aromatic carbocycles. The van der Waals surface area contributed by atoms with E-state index in [4.69, 9.17) is 5.26 Å². The number of hydrogen-bond donors (Lipinski definition) is 1. The summed E-state index contributed by atoms with van der Waals surface area (Å²) in [5, 5.41) is 11.9. The van der Waals surface area contributed by atoms with Crippen molar-refractivity contribution in [2.75, 3.05) is 25.0 Å². The molecule has 0 spiro atoms. The minimum atomic E-state index is -0.0151. The number of carbonyl (C=O) groups is 1. The van der Waals surface area contributed by atoms with Crippen molar-refractivity contribution < 1.29 is 4.79 Å². The molecule has 0 fully saturated rings. The minimum Gasteiger partial charge on any atom is -0.364 e. The SMILES string of the molecule is CCCCNC(=O)CN(C)c1ccccc1C#N. The molecule has 0 aliphatic carbocycles. The number of nitrogens with zero attached hydrogens (tertiary/aromatic N) is 2. The van der Waals surface area contributed by atoms with Gasteiger partial charge in [0.25, 0.3) is 0 Å². The number of hydrogen-bond acceptors (Lipinski definition) is 3. The van der Waals surface area contributed by atoms with Crippen molar-refractivity contribution >= 4 is 11.6 Å². The van der Waals surface area contributed by atoms with Crippen molar-refractivity contribution in [3.63, 3.8) is 0 Å². The molecule has 0 atom stereocenters. The van der Waals surface area contributed by atoms with Crippen LogP contribution in [-0.4, -0.2) is 26.0 Å². The molecule has 0 aliphatic rings. The number of unbranched alkanes of at least 4 members (excludes halogenated alkanes) is 1. The molecule has 18 heavy (non-hydrogen) atoms. The molecule has 4 heteroatoms. The maximum atomic E-state index is 11.7. The quantitative estimate of drug-likeness (QED) is 0.779. The van der Waals surface area contributed by atoms with Crippen LogP contribution in [-0.2, 0) is 4.79 Å². The highest BCUT2D eigenvalue weighted by molar-refractivity contribution is 5.81. The number of anilines is 1.